The van der Waals surface area contributed by atoms with Crippen molar-refractivity contribution in [3.63, 3.8) is 0 Å². The maximum absolute atomic E-state index is 10.8. The van der Waals surface area contributed by atoms with Gasteiger partial charge in [0.15, 0.2) is 0 Å². The number of rotatable bonds is 5. The van der Waals surface area contributed by atoms with Gasteiger partial charge in [-0.05, 0) is 0 Å². The predicted molar refractivity (Wildman–Crippen MR) is 52.1 cm³/mol. The molecule has 5 heteroatoms. The molecule has 3 nitrogen and oxygen atoms in total. The summed E-state index contributed by atoms with van der Waals surface area (Å²) in [5, 5.41) is 8.85. The molecular formula is C9H10HgO3S. The monoisotopic (exact) mass is 400 g/mol. The summed E-state index contributed by atoms with van der Waals surface area (Å²) in [4.78, 5) is 10.8. The first-order valence-electron chi connectivity index (χ1n) is 4.37. The van der Waals surface area contributed by atoms with Crippen LogP contribution in [0.3, 0.4) is 0 Å². The molecule has 14 heavy (non-hydrogen) atoms. The van der Waals surface area contributed by atoms with E-state index in [1.165, 1.54) is 12.5 Å². The number of carboxylic acid groups (broad SMARTS) is 1. The Bertz CT molecular complexity index is 317. The first-order valence-corrected chi connectivity index (χ1v) is 15.9. The fraction of sp³-hybridized carbons (Fsp3) is 0.222. The number of aromatic carboxylic acids is 1. The third kappa shape index (κ3) is 3.50. The molecule has 1 aromatic carbocycles. The van der Waals surface area contributed by atoms with Gasteiger partial charge in [0.1, 0.15) is 0 Å². The van der Waals surface area contributed by atoms with E-state index in [-0.39, 0.29) is 5.56 Å². The molecule has 1 rings (SSSR count). The number of para-hydroxylation sites is 1. The summed E-state index contributed by atoms with van der Waals surface area (Å²) in [6.07, 6.45) is 0. The van der Waals surface area contributed by atoms with E-state index < -0.39 is 29.0 Å². The zero-order valence-corrected chi connectivity index (χ0v) is 14.2. The maximum atomic E-state index is 10.8. The molecule has 0 saturated heterocycles. The van der Waals surface area contributed by atoms with Crippen molar-refractivity contribution < 1.29 is 37.1 Å². The average molecular weight is 399 g/mol. The van der Waals surface area contributed by atoms with Gasteiger partial charge in [0, 0.05) is 0 Å². The van der Waals surface area contributed by atoms with Gasteiger partial charge in [0.2, 0.25) is 0 Å². The molecule has 0 bridgehead atoms. The second-order valence-electron chi connectivity index (χ2n) is 2.71. The van der Waals surface area contributed by atoms with E-state index in [4.69, 9.17) is 9.29 Å². The van der Waals surface area contributed by atoms with E-state index in [9.17, 15) is 4.79 Å². The van der Waals surface area contributed by atoms with Crippen LogP contribution in [0.2, 0.25) is 3.93 Å². The molecule has 0 aromatic heterocycles. The van der Waals surface area contributed by atoms with E-state index >= 15 is 0 Å². The van der Waals surface area contributed by atoms with Crippen molar-refractivity contribution >= 4 is 14.5 Å². The minimum absolute atomic E-state index is 0.240. The Morgan fingerprint density at radius 3 is 2.93 bits per heavy atom. The quantitative estimate of drug-likeness (QED) is 0.470. The van der Waals surface area contributed by atoms with Gasteiger partial charge in [0.25, 0.3) is 0 Å². The molecular weight excluding hydrogens is 389 g/mol. The van der Waals surface area contributed by atoms with Gasteiger partial charge in [0.05, 0.1) is 0 Å². The average Bonchev–Trinajstić information content (AvgIpc) is 2.19. The molecule has 0 aliphatic carbocycles. The van der Waals surface area contributed by atoms with Crippen molar-refractivity contribution in [1.82, 2.24) is 0 Å². The summed E-state index contributed by atoms with van der Waals surface area (Å²) >= 11 is -0.931. The molecule has 0 radical (unpaired) electrons. The van der Waals surface area contributed by atoms with Gasteiger partial charge in [-0.25, -0.2) is 0 Å². The van der Waals surface area contributed by atoms with Gasteiger partial charge in [-0.3, -0.25) is 0 Å². The van der Waals surface area contributed by atoms with Crippen LogP contribution >= 0.6 is 8.52 Å². The topological polar surface area (TPSA) is 46.5 Å². The van der Waals surface area contributed by atoms with Crippen LogP contribution in [-0.4, -0.2) is 11.1 Å². The molecule has 0 unspecified atom stereocenters. The van der Waals surface area contributed by atoms with Crippen molar-refractivity contribution in [2.24, 2.45) is 0 Å². The van der Waals surface area contributed by atoms with Gasteiger partial charge in [-0.2, -0.15) is 0 Å². The van der Waals surface area contributed by atoms with Gasteiger partial charge < -0.3 is 0 Å². The van der Waals surface area contributed by atoms with E-state index in [2.05, 4.69) is 6.92 Å². The van der Waals surface area contributed by atoms with Crippen molar-refractivity contribution in [3.05, 3.63) is 29.8 Å². The third-order valence-electron chi connectivity index (χ3n) is 1.55. The molecule has 0 amide bonds. The fourth-order valence-electron chi connectivity index (χ4n) is 0.904. The summed E-state index contributed by atoms with van der Waals surface area (Å²) in [6, 6.07) is 6.73. The molecule has 72 valence electrons. The van der Waals surface area contributed by atoms with E-state index in [1.54, 1.807) is 24.3 Å². The zero-order valence-electron chi connectivity index (χ0n) is 7.90. The molecule has 0 fully saturated rings. The molecule has 1 aromatic rings. The molecule has 1 N–H and O–H groups in total. The number of hydrogen-bond acceptors (Lipinski definition) is 3. The van der Waals surface area contributed by atoms with E-state index in [1.807, 2.05) is 0 Å². The van der Waals surface area contributed by atoms with Crippen molar-refractivity contribution in [1.29, 1.82) is 0 Å². The molecule has 0 saturated carbocycles. The fourth-order valence-corrected chi connectivity index (χ4v) is 5.82. The van der Waals surface area contributed by atoms with Gasteiger partial charge >= 0.3 is 98.1 Å². The van der Waals surface area contributed by atoms with Crippen LogP contribution < -0.4 is 4.18 Å². The minimum atomic E-state index is -0.936. The van der Waals surface area contributed by atoms with Crippen LogP contribution in [0, 0.1) is 0 Å². The number of benzene rings is 1. The molecule has 0 spiro atoms. The standard InChI is InChI=1S/C7H6O3S.C2H5.Hg/c8-7(9)5-3-1-2-4-6(5)10-11;1-2;/h1-4,11H,(H,8,9);1H2,2H3;/q;;+1/p-1. The SMILES string of the molecule is C[CH2][Hg][S]Oc1ccccc1C(=O)O. The van der Waals surface area contributed by atoms with E-state index in [0.29, 0.717) is 5.75 Å². The van der Waals surface area contributed by atoms with Crippen molar-refractivity contribution in [2.45, 2.75) is 10.9 Å². The normalized spacial score (nSPS) is 9.21. The number of carboxylic acids is 1. The van der Waals surface area contributed by atoms with Crippen LogP contribution in [0.25, 0.3) is 0 Å². The van der Waals surface area contributed by atoms with Crippen molar-refractivity contribution in [2.75, 3.05) is 0 Å². The van der Waals surface area contributed by atoms with Crippen LogP contribution in [0.15, 0.2) is 24.3 Å². The van der Waals surface area contributed by atoms with Crippen molar-refractivity contribution in [3.8, 4) is 5.75 Å². The third-order valence-corrected chi connectivity index (χ3v) is 10.5. The predicted octanol–water partition coefficient (Wildman–Crippen LogP) is 2.85. The number of hydrogen-bond donors (Lipinski definition) is 1. The van der Waals surface area contributed by atoms with Gasteiger partial charge in [-0.15, -0.1) is 0 Å². The van der Waals surface area contributed by atoms with Crippen LogP contribution in [0.4, 0.5) is 0 Å². The second kappa shape index (κ2) is 6.29. The summed E-state index contributed by atoms with van der Waals surface area (Å²) in [5.74, 6) is -0.465. The number of carbonyl (C=O) groups is 1. The van der Waals surface area contributed by atoms with Crippen LogP contribution in [0.1, 0.15) is 17.3 Å². The Hall–Kier alpha value is -0.225. The van der Waals surface area contributed by atoms with Gasteiger partial charge in [-0.1, -0.05) is 0 Å². The Labute approximate surface area is 97.6 Å². The first-order chi connectivity index (χ1) is 6.75. The molecule has 0 heterocycles. The first kappa shape index (κ1) is 11.8. The summed E-state index contributed by atoms with van der Waals surface area (Å²) < 4.78 is 6.60. The van der Waals surface area contributed by atoms with E-state index in [0.717, 1.165) is 0 Å². The van der Waals surface area contributed by atoms with Crippen LogP contribution in [-0.2, 0) is 23.1 Å². The summed E-state index contributed by atoms with van der Waals surface area (Å²) in [7, 11) is 1.50. The molecule has 0 atom stereocenters. The Kier molecular flexibility index (Phi) is 5.33. The second-order valence-corrected chi connectivity index (χ2v) is 14.9. The Balaban J connectivity index is 2.69. The van der Waals surface area contributed by atoms with Crippen LogP contribution in [0.5, 0.6) is 5.75 Å². The molecule has 0 aliphatic heterocycles. The summed E-state index contributed by atoms with van der Waals surface area (Å²) in [5.41, 5.74) is 0.240. The Morgan fingerprint density at radius 2 is 2.29 bits per heavy atom. The Morgan fingerprint density at radius 1 is 1.57 bits per heavy atom. The summed E-state index contributed by atoms with van der Waals surface area (Å²) in [6.45, 7) is 2.14. The zero-order chi connectivity index (χ0) is 10.4. The molecule has 0 aliphatic rings.